The minimum Gasteiger partial charge on any atom is -0.310 e. The summed E-state index contributed by atoms with van der Waals surface area (Å²) in [5, 5.41) is 5.23. The molecule has 1 aromatic heterocycles. The fraction of sp³-hybridized carbons (Fsp3) is 0.171. The molecule has 206 valence electrons. The fourth-order valence-electron chi connectivity index (χ4n) is 9.20. The highest BCUT2D eigenvalue weighted by Gasteiger charge is 2.56. The van der Waals surface area contributed by atoms with Crippen molar-refractivity contribution in [2.24, 2.45) is 11.8 Å². The van der Waals surface area contributed by atoms with E-state index in [0.717, 1.165) is 11.8 Å². The van der Waals surface area contributed by atoms with E-state index in [1.165, 1.54) is 84.8 Å². The van der Waals surface area contributed by atoms with Crippen molar-refractivity contribution in [2.75, 3.05) is 4.90 Å². The molecular weight excluding hydrogens is 539 g/mol. The summed E-state index contributed by atoms with van der Waals surface area (Å²) in [7, 11) is 0. The highest BCUT2D eigenvalue weighted by Crippen LogP contribution is 2.66. The van der Waals surface area contributed by atoms with E-state index in [9.17, 15) is 0 Å². The van der Waals surface area contributed by atoms with Crippen molar-refractivity contribution in [1.29, 1.82) is 0 Å². The Balaban J connectivity index is 1.23. The van der Waals surface area contributed by atoms with E-state index >= 15 is 0 Å². The van der Waals surface area contributed by atoms with Gasteiger partial charge in [-0.1, -0.05) is 97.4 Å². The predicted octanol–water partition coefficient (Wildman–Crippen LogP) is 11.8. The van der Waals surface area contributed by atoms with Gasteiger partial charge >= 0.3 is 0 Å². The number of rotatable bonds is 3. The summed E-state index contributed by atoms with van der Waals surface area (Å²) < 4.78 is 2.68. The highest BCUT2D eigenvalue weighted by molar-refractivity contribution is 7.25. The van der Waals surface area contributed by atoms with Crippen LogP contribution in [0.3, 0.4) is 0 Å². The third-order valence-electron chi connectivity index (χ3n) is 10.9. The van der Waals surface area contributed by atoms with Crippen LogP contribution >= 0.6 is 11.3 Å². The molecule has 0 amide bonds. The van der Waals surface area contributed by atoms with E-state index in [1.54, 1.807) is 11.1 Å². The maximum Gasteiger partial charge on any atom is 0.0540 e. The van der Waals surface area contributed by atoms with Crippen LogP contribution in [0.2, 0.25) is 0 Å². The van der Waals surface area contributed by atoms with Crippen molar-refractivity contribution in [1.82, 2.24) is 0 Å². The van der Waals surface area contributed by atoms with E-state index < -0.39 is 0 Å². The van der Waals surface area contributed by atoms with Gasteiger partial charge in [0.1, 0.15) is 0 Å². The molecule has 10 rings (SSSR count). The standard InChI is InChI=1S/C41H31NS/c1-2-10-31-27(8-1)9-7-14-38(31)42(30-19-21-35-34-12-4-6-15-39(34)43-40(35)24-30)29-18-20-33-32-11-3-5-13-36(32)41(37(33)23-29)25-26-16-17-28(41)22-26/h1-15,18-21,23-24,26,28H,16-17,22,25H2. The number of hydrogen-bond acceptors (Lipinski definition) is 2. The first kappa shape index (κ1) is 24.1. The van der Waals surface area contributed by atoms with E-state index in [1.807, 2.05) is 11.3 Å². The van der Waals surface area contributed by atoms with Crippen LogP contribution in [0.5, 0.6) is 0 Å². The van der Waals surface area contributed by atoms with Crippen molar-refractivity contribution in [3.05, 3.63) is 139 Å². The van der Waals surface area contributed by atoms with Crippen molar-refractivity contribution in [3.63, 3.8) is 0 Å². The number of nitrogens with zero attached hydrogens (tertiary/aromatic N) is 1. The molecule has 3 aliphatic rings. The van der Waals surface area contributed by atoms with Gasteiger partial charge < -0.3 is 4.90 Å². The number of fused-ring (bicyclic) bond motifs is 12. The molecule has 3 aliphatic carbocycles. The van der Waals surface area contributed by atoms with E-state index in [-0.39, 0.29) is 5.41 Å². The summed E-state index contributed by atoms with van der Waals surface area (Å²) in [5.41, 5.74) is 9.91. The molecule has 3 atom stereocenters. The number of thiophene rings is 1. The summed E-state index contributed by atoms with van der Waals surface area (Å²) in [6.07, 6.45) is 5.44. The molecule has 2 heteroatoms. The molecule has 0 aliphatic heterocycles. The summed E-state index contributed by atoms with van der Waals surface area (Å²) in [4.78, 5) is 2.52. The van der Waals surface area contributed by atoms with Crippen LogP contribution in [0, 0.1) is 11.8 Å². The lowest BCUT2D eigenvalue weighted by atomic mass is 9.67. The Labute approximate surface area is 256 Å². The second-order valence-electron chi connectivity index (χ2n) is 12.9. The SMILES string of the molecule is c1ccc2c(c1)-c1ccc(N(c3ccc4c(c3)sc3ccccc34)c3cccc4ccccc34)cc1C21CC2CCC1C2. The Bertz CT molecular complexity index is 2240. The topological polar surface area (TPSA) is 3.24 Å². The molecule has 1 nitrogen and oxygen atoms in total. The number of anilines is 3. The van der Waals surface area contributed by atoms with Crippen LogP contribution in [0.4, 0.5) is 17.1 Å². The molecule has 7 aromatic rings. The molecule has 43 heavy (non-hydrogen) atoms. The molecule has 2 fully saturated rings. The zero-order valence-corrected chi connectivity index (χ0v) is 24.8. The van der Waals surface area contributed by atoms with Gasteiger partial charge in [0.05, 0.1) is 5.69 Å². The van der Waals surface area contributed by atoms with Gasteiger partial charge in [-0.15, -0.1) is 11.3 Å². The molecule has 2 bridgehead atoms. The van der Waals surface area contributed by atoms with Crippen LogP contribution in [-0.2, 0) is 5.41 Å². The second-order valence-corrected chi connectivity index (χ2v) is 14.0. The molecule has 0 radical (unpaired) electrons. The Kier molecular flexibility index (Phi) is 4.94. The molecule has 1 heterocycles. The van der Waals surface area contributed by atoms with E-state index in [4.69, 9.17) is 0 Å². The molecule has 1 spiro atoms. The third kappa shape index (κ3) is 3.28. The van der Waals surface area contributed by atoms with Crippen LogP contribution < -0.4 is 4.90 Å². The van der Waals surface area contributed by atoms with Crippen LogP contribution in [0.25, 0.3) is 42.1 Å². The van der Waals surface area contributed by atoms with Crippen LogP contribution in [0.1, 0.15) is 36.8 Å². The fourth-order valence-corrected chi connectivity index (χ4v) is 10.3. The molecular formula is C41H31NS. The lowest BCUT2D eigenvalue weighted by Gasteiger charge is -2.37. The first-order valence-electron chi connectivity index (χ1n) is 15.7. The zero-order valence-electron chi connectivity index (χ0n) is 24.0. The van der Waals surface area contributed by atoms with Gasteiger partial charge in [-0.05, 0) is 95.1 Å². The quantitative estimate of drug-likeness (QED) is 0.205. The molecule has 0 N–H and O–H groups in total. The van der Waals surface area contributed by atoms with Gasteiger partial charge in [0.15, 0.2) is 0 Å². The summed E-state index contributed by atoms with van der Waals surface area (Å²) in [5.74, 6) is 1.60. The average molecular weight is 570 g/mol. The Hall–Kier alpha value is -4.40. The minimum atomic E-state index is 0.157. The second kappa shape index (κ2) is 8.81. The summed E-state index contributed by atoms with van der Waals surface area (Å²) in [6.45, 7) is 0. The van der Waals surface area contributed by atoms with Gasteiger partial charge in [-0.3, -0.25) is 0 Å². The van der Waals surface area contributed by atoms with Gasteiger partial charge in [-0.2, -0.15) is 0 Å². The van der Waals surface area contributed by atoms with Gasteiger partial charge in [0.2, 0.25) is 0 Å². The van der Waals surface area contributed by atoms with Crippen molar-refractivity contribution < 1.29 is 0 Å². The zero-order chi connectivity index (χ0) is 28.1. The largest absolute Gasteiger partial charge is 0.310 e. The molecule has 6 aromatic carbocycles. The smallest absolute Gasteiger partial charge is 0.0540 e. The van der Waals surface area contributed by atoms with Crippen molar-refractivity contribution in [2.45, 2.75) is 31.1 Å². The lowest BCUT2D eigenvalue weighted by molar-refractivity contribution is 0.327. The Morgan fingerprint density at radius 1 is 0.581 bits per heavy atom. The maximum absolute atomic E-state index is 2.58. The lowest BCUT2D eigenvalue weighted by Crippen LogP contribution is -2.32. The summed E-state index contributed by atoms with van der Waals surface area (Å²) in [6, 6.07) is 48.1. The van der Waals surface area contributed by atoms with Gasteiger partial charge in [0, 0.05) is 42.3 Å². The number of benzene rings is 6. The molecule has 3 unspecified atom stereocenters. The molecule has 2 saturated carbocycles. The van der Waals surface area contributed by atoms with Crippen molar-refractivity contribution >= 4 is 59.3 Å². The van der Waals surface area contributed by atoms with E-state index in [2.05, 4.69) is 132 Å². The monoisotopic (exact) mass is 569 g/mol. The first-order valence-corrected chi connectivity index (χ1v) is 16.5. The van der Waals surface area contributed by atoms with Crippen molar-refractivity contribution in [3.8, 4) is 11.1 Å². The Morgan fingerprint density at radius 2 is 1.33 bits per heavy atom. The van der Waals surface area contributed by atoms with E-state index in [0.29, 0.717) is 0 Å². The van der Waals surface area contributed by atoms with Crippen LogP contribution in [-0.4, -0.2) is 0 Å². The highest BCUT2D eigenvalue weighted by atomic mass is 32.1. The minimum absolute atomic E-state index is 0.157. The average Bonchev–Trinajstić information content (AvgIpc) is 3.83. The predicted molar refractivity (Wildman–Crippen MR) is 183 cm³/mol. The van der Waals surface area contributed by atoms with Crippen LogP contribution in [0.15, 0.2) is 127 Å². The van der Waals surface area contributed by atoms with Gasteiger partial charge in [-0.25, -0.2) is 0 Å². The van der Waals surface area contributed by atoms with Gasteiger partial charge in [0.25, 0.3) is 0 Å². The maximum atomic E-state index is 2.58. The normalized spacial score (nSPS) is 21.7. The molecule has 0 saturated heterocycles. The first-order chi connectivity index (χ1) is 21.3. The third-order valence-corrected chi connectivity index (χ3v) is 12.1. The number of hydrogen-bond donors (Lipinski definition) is 0. The summed E-state index contributed by atoms with van der Waals surface area (Å²) >= 11 is 1.90. The Morgan fingerprint density at radius 3 is 2.23 bits per heavy atom.